The van der Waals surface area contributed by atoms with Gasteiger partial charge >= 0.3 is 0 Å². The van der Waals surface area contributed by atoms with Crippen LogP contribution in [0.5, 0.6) is 0 Å². The van der Waals surface area contributed by atoms with E-state index in [9.17, 15) is 8.42 Å². The van der Waals surface area contributed by atoms with E-state index in [2.05, 4.69) is 5.10 Å². The highest BCUT2D eigenvalue weighted by molar-refractivity contribution is 7.89. The molecular weight excluding hydrogens is 252 g/mol. The van der Waals surface area contributed by atoms with Crippen molar-refractivity contribution in [1.82, 2.24) is 14.1 Å². The lowest BCUT2D eigenvalue weighted by atomic mass is 10.4. The Morgan fingerprint density at radius 3 is 2.50 bits per heavy atom. The minimum atomic E-state index is -3.52. The van der Waals surface area contributed by atoms with Gasteiger partial charge in [-0.1, -0.05) is 6.92 Å². The highest BCUT2D eigenvalue weighted by Crippen LogP contribution is 2.34. The van der Waals surface area contributed by atoms with E-state index < -0.39 is 10.0 Å². The maximum absolute atomic E-state index is 12.7. The Bertz CT molecular complexity index is 546. The lowest BCUT2D eigenvalue weighted by Gasteiger charge is -2.21. The number of sulfonamides is 1. The summed E-state index contributed by atoms with van der Waals surface area (Å²) in [7, 11) is -1.82. The van der Waals surface area contributed by atoms with E-state index in [1.165, 1.54) is 4.68 Å². The van der Waals surface area contributed by atoms with Crippen LogP contribution in [0.25, 0.3) is 0 Å². The minimum absolute atomic E-state index is 0.0942. The highest BCUT2D eigenvalue weighted by Gasteiger charge is 2.40. The predicted molar refractivity (Wildman–Crippen MR) is 69.6 cm³/mol. The van der Waals surface area contributed by atoms with Crippen molar-refractivity contribution in [2.75, 3.05) is 12.3 Å². The van der Waals surface area contributed by atoms with Crippen LogP contribution in [0, 0.1) is 6.92 Å². The van der Waals surface area contributed by atoms with Crippen LogP contribution in [0.4, 0.5) is 5.82 Å². The largest absolute Gasteiger partial charge is 0.381 e. The fourth-order valence-corrected chi connectivity index (χ4v) is 4.20. The van der Waals surface area contributed by atoms with E-state index in [1.807, 2.05) is 6.92 Å². The number of hydrogen-bond donors (Lipinski definition) is 1. The molecule has 7 heteroatoms. The topological polar surface area (TPSA) is 81.2 Å². The fraction of sp³-hybridized carbons (Fsp3) is 0.727. The zero-order valence-electron chi connectivity index (χ0n) is 11.0. The van der Waals surface area contributed by atoms with E-state index in [4.69, 9.17) is 5.73 Å². The van der Waals surface area contributed by atoms with Crippen LogP contribution in [-0.2, 0) is 17.1 Å². The van der Waals surface area contributed by atoms with Crippen molar-refractivity contribution in [3.8, 4) is 0 Å². The molecule has 1 aliphatic carbocycles. The van der Waals surface area contributed by atoms with Gasteiger partial charge in [-0.05, 0) is 26.2 Å². The molecule has 2 N–H and O–H groups in total. The molecule has 0 radical (unpaired) electrons. The molecule has 0 saturated heterocycles. The monoisotopic (exact) mass is 272 g/mol. The predicted octanol–water partition coefficient (Wildman–Crippen LogP) is 0.874. The van der Waals surface area contributed by atoms with Crippen LogP contribution in [0.3, 0.4) is 0 Å². The Morgan fingerprint density at radius 1 is 1.50 bits per heavy atom. The maximum atomic E-state index is 12.7. The molecule has 6 nitrogen and oxygen atoms in total. The van der Waals surface area contributed by atoms with Gasteiger partial charge in [-0.2, -0.15) is 9.40 Å². The molecule has 2 rings (SSSR count). The van der Waals surface area contributed by atoms with Crippen molar-refractivity contribution >= 4 is 15.8 Å². The smallest absolute Gasteiger partial charge is 0.248 e. The van der Waals surface area contributed by atoms with Crippen molar-refractivity contribution < 1.29 is 8.42 Å². The number of nitrogen functional groups attached to an aromatic ring is 1. The molecule has 0 aromatic carbocycles. The SMILES string of the molecule is CCCN(C1CC1)S(=O)(=O)c1c(N)nn(C)c1C. The van der Waals surface area contributed by atoms with Gasteiger partial charge in [0.2, 0.25) is 10.0 Å². The molecule has 1 saturated carbocycles. The van der Waals surface area contributed by atoms with Gasteiger partial charge in [0.1, 0.15) is 4.90 Å². The van der Waals surface area contributed by atoms with Gasteiger partial charge < -0.3 is 5.73 Å². The van der Waals surface area contributed by atoms with Gasteiger partial charge in [0.05, 0.1) is 5.69 Å². The average Bonchev–Trinajstić information content (AvgIpc) is 3.04. The molecule has 0 unspecified atom stereocenters. The fourth-order valence-electron chi connectivity index (χ4n) is 2.13. The number of nitrogens with two attached hydrogens (primary N) is 1. The molecule has 0 aliphatic heterocycles. The molecule has 1 aromatic heterocycles. The normalized spacial score (nSPS) is 16.4. The summed E-state index contributed by atoms with van der Waals surface area (Å²) in [5.41, 5.74) is 6.34. The van der Waals surface area contributed by atoms with Gasteiger partial charge in [-0.25, -0.2) is 8.42 Å². The minimum Gasteiger partial charge on any atom is -0.381 e. The third-order valence-corrected chi connectivity index (χ3v) is 5.39. The molecule has 1 fully saturated rings. The van der Waals surface area contributed by atoms with Gasteiger partial charge in [0, 0.05) is 19.6 Å². The molecule has 1 aliphatic rings. The summed E-state index contributed by atoms with van der Waals surface area (Å²) in [5, 5.41) is 3.99. The summed E-state index contributed by atoms with van der Waals surface area (Å²) in [6, 6.07) is 0.147. The number of aryl methyl sites for hydroxylation is 1. The van der Waals surface area contributed by atoms with Gasteiger partial charge in [-0.3, -0.25) is 4.68 Å². The van der Waals surface area contributed by atoms with E-state index >= 15 is 0 Å². The first-order valence-electron chi connectivity index (χ1n) is 6.20. The molecule has 102 valence electrons. The van der Waals surface area contributed by atoms with Gasteiger partial charge in [0.25, 0.3) is 0 Å². The molecular formula is C11H20N4O2S. The Balaban J connectivity index is 2.46. The molecule has 18 heavy (non-hydrogen) atoms. The standard InChI is InChI=1S/C11H20N4O2S/c1-4-7-15(9-5-6-9)18(16,17)10-8(2)14(3)13-11(10)12/h9H,4-7H2,1-3H3,(H2,12,13). The Hall–Kier alpha value is -1.08. The number of hydrogen-bond acceptors (Lipinski definition) is 4. The summed E-state index contributed by atoms with van der Waals surface area (Å²) in [5.74, 6) is 0.0942. The van der Waals surface area contributed by atoms with Crippen LogP contribution >= 0.6 is 0 Å². The molecule has 0 spiro atoms. The Morgan fingerprint density at radius 2 is 2.11 bits per heavy atom. The summed E-state index contributed by atoms with van der Waals surface area (Å²) < 4.78 is 28.4. The van der Waals surface area contributed by atoms with E-state index in [1.54, 1.807) is 18.3 Å². The van der Waals surface area contributed by atoms with Crippen LogP contribution in [0.15, 0.2) is 4.90 Å². The lowest BCUT2D eigenvalue weighted by Crippen LogP contribution is -2.34. The van der Waals surface area contributed by atoms with E-state index in [-0.39, 0.29) is 16.8 Å². The maximum Gasteiger partial charge on any atom is 0.248 e. The third kappa shape index (κ3) is 2.12. The van der Waals surface area contributed by atoms with Crippen LogP contribution in [0.1, 0.15) is 31.9 Å². The van der Waals surface area contributed by atoms with Crippen molar-refractivity contribution in [3.63, 3.8) is 0 Å². The second-order valence-corrected chi connectivity index (χ2v) is 6.60. The molecule has 1 aromatic rings. The van der Waals surface area contributed by atoms with Crippen molar-refractivity contribution in [2.24, 2.45) is 7.05 Å². The molecule has 0 atom stereocenters. The first-order chi connectivity index (χ1) is 8.39. The second-order valence-electron chi connectivity index (χ2n) is 4.77. The summed E-state index contributed by atoms with van der Waals surface area (Å²) in [6.07, 6.45) is 2.69. The Labute approximate surface area is 108 Å². The summed E-state index contributed by atoms with van der Waals surface area (Å²) in [6.45, 7) is 4.25. The first kappa shape index (κ1) is 13.4. The Kier molecular flexibility index (Phi) is 3.37. The molecule has 1 heterocycles. The number of rotatable bonds is 5. The average molecular weight is 272 g/mol. The van der Waals surface area contributed by atoms with Crippen molar-refractivity contribution in [3.05, 3.63) is 5.69 Å². The summed E-state index contributed by atoms with van der Waals surface area (Å²) in [4.78, 5) is 0.172. The molecule has 0 amide bonds. The lowest BCUT2D eigenvalue weighted by molar-refractivity contribution is 0.403. The zero-order chi connectivity index (χ0) is 13.5. The quantitative estimate of drug-likeness (QED) is 0.862. The summed E-state index contributed by atoms with van der Waals surface area (Å²) >= 11 is 0. The number of anilines is 1. The van der Waals surface area contributed by atoms with Crippen LogP contribution in [-0.4, -0.2) is 35.1 Å². The van der Waals surface area contributed by atoms with E-state index in [0.717, 1.165) is 19.3 Å². The number of aromatic nitrogens is 2. The molecule has 0 bridgehead atoms. The second kappa shape index (κ2) is 4.55. The van der Waals surface area contributed by atoms with Crippen LogP contribution < -0.4 is 5.73 Å². The highest BCUT2D eigenvalue weighted by atomic mass is 32.2. The van der Waals surface area contributed by atoms with Crippen molar-refractivity contribution in [2.45, 2.75) is 44.0 Å². The zero-order valence-corrected chi connectivity index (χ0v) is 11.9. The van der Waals surface area contributed by atoms with E-state index in [0.29, 0.717) is 12.2 Å². The van der Waals surface area contributed by atoms with Gasteiger partial charge in [-0.15, -0.1) is 0 Å². The third-order valence-electron chi connectivity index (χ3n) is 3.27. The van der Waals surface area contributed by atoms with Gasteiger partial charge in [0.15, 0.2) is 5.82 Å². The number of nitrogens with zero attached hydrogens (tertiary/aromatic N) is 3. The van der Waals surface area contributed by atoms with Crippen molar-refractivity contribution in [1.29, 1.82) is 0 Å². The first-order valence-corrected chi connectivity index (χ1v) is 7.64. The van der Waals surface area contributed by atoms with Crippen LogP contribution in [0.2, 0.25) is 0 Å².